The maximum absolute atomic E-state index is 8.92. The molecule has 1 fully saturated rings. The molecule has 2 heteroatoms. The lowest BCUT2D eigenvalue weighted by molar-refractivity contribution is 1.03. The molecule has 70 valence electrons. The van der Waals surface area contributed by atoms with E-state index in [9.17, 15) is 0 Å². The Hall–Kier alpha value is -1.49. The van der Waals surface area contributed by atoms with Crippen molar-refractivity contribution in [2.45, 2.75) is 25.2 Å². The number of hydrogen-bond donors (Lipinski definition) is 1. The molecule has 0 saturated heterocycles. The molecule has 0 amide bonds. The average Bonchev–Trinajstić information content (AvgIpc) is 2.95. The van der Waals surface area contributed by atoms with Crippen LogP contribution in [0.25, 0.3) is 0 Å². The van der Waals surface area contributed by atoms with Crippen LogP contribution in [-0.4, -0.2) is 6.54 Å². The molecule has 0 aromatic heterocycles. The van der Waals surface area contributed by atoms with Crippen LogP contribution in [0.2, 0.25) is 0 Å². The molecule has 0 atom stereocenters. The smallest absolute Gasteiger partial charge is 0.0992 e. The van der Waals surface area contributed by atoms with E-state index in [0.717, 1.165) is 24.4 Å². The monoisotopic (exact) mass is 184 g/mol. The summed E-state index contributed by atoms with van der Waals surface area (Å²) in [5.74, 6) is 0.747. The predicted octanol–water partition coefficient (Wildman–Crippen LogP) is 2.40. The van der Waals surface area contributed by atoms with Crippen LogP contribution in [0.5, 0.6) is 0 Å². The number of fused-ring (bicyclic) bond motifs is 1. The molecule has 0 spiro atoms. The molecule has 1 aromatic rings. The van der Waals surface area contributed by atoms with E-state index in [-0.39, 0.29) is 0 Å². The highest BCUT2D eigenvalue weighted by atomic mass is 14.9. The normalized spacial score (nSPS) is 18.5. The molecule has 0 radical (unpaired) electrons. The Kier molecular flexibility index (Phi) is 1.55. The molecule has 0 bridgehead atoms. The van der Waals surface area contributed by atoms with Crippen molar-refractivity contribution in [3.63, 3.8) is 0 Å². The quantitative estimate of drug-likeness (QED) is 0.727. The third-order valence-corrected chi connectivity index (χ3v) is 3.12. The average molecular weight is 184 g/mol. The minimum Gasteiger partial charge on any atom is -0.384 e. The van der Waals surface area contributed by atoms with Crippen molar-refractivity contribution in [3.8, 4) is 6.07 Å². The zero-order valence-corrected chi connectivity index (χ0v) is 8.01. The van der Waals surface area contributed by atoms with Gasteiger partial charge in [-0.1, -0.05) is 0 Å². The van der Waals surface area contributed by atoms with Gasteiger partial charge < -0.3 is 5.32 Å². The molecule has 14 heavy (non-hydrogen) atoms. The van der Waals surface area contributed by atoms with Crippen molar-refractivity contribution in [2.24, 2.45) is 0 Å². The molecule has 3 rings (SSSR count). The van der Waals surface area contributed by atoms with E-state index < -0.39 is 0 Å². The van der Waals surface area contributed by atoms with Gasteiger partial charge in [-0.05, 0) is 48.4 Å². The Balaban J connectivity index is 2.17. The lowest BCUT2D eigenvalue weighted by Crippen LogP contribution is -1.91. The molecule has 1 aliphatic carbocycles. The number of nitrogens with one attached hydrogen (secondary N) is 1. The minimum atomic E-state index is 0.747. The molecular formula is C12H12N2. The van der Waals surface area contributed by atoms with Gasteiger partial charge in [0.1, 0.15) is 0 Å². The largest absolute Gasteiger partial charge is 0.384 e. The summed E-state index contributed by atoms with van der Waals surface area (Å²) in [5, 5.41) is 12.3. The van der Waals surface area contributed by atoms with E-state index >= 15 is 0 Å². The summed E-state index contributed by atoms with van der Waals surface area (Å²) in [6.07, 6.45) is 3.75. The summed E-state index contributed by atoms with van der Waals surface area (Å²) in [7, 11) is 0. The fraction of sp³-hybridized carbons (Fsp3) is 0.417. The van der Waals surface area contributed by atoms with Gasteiger partial charge in [0.05, 0.1) is 11.6 Å². The molecule has 1 heterocycles. The van der Waals surface area contributed by atoms with Crippen LogP contribution in [0.3, 0.4) is 0 Å². The summed E-state index contributed by atoms with van der Waals surface area (Å²) in [4.78, 5) is 0. The Morgan fingerprint density at radius 1 is 1.36 bits per heavy atom. The van der Waals surface area contributed by atoms with E-state index in [1.807, 2.05) is 6.07 Å². The van der Waals surface area contributed by atoms with Gasteiger partial charge in [-0.25, -0.2) is 0 Å². The first-order valence-electron chi connectivity index (χ1n) is 5.19. The van der Waals surface area contributed by atoms with Gasteiger partial charge in [-0.3, -0.25) is 0 Å². The second-order valence-corrected chi connectivity index (χ2v) is 4.15. The van der Waals surface area contributed by atoms with E-state index in [1.165, 1.54) is 29.7 Å². The zero-order chi connectivity index (χ0) is 9.54. The van der Waals surface area contributed by atoms with Crippen LogP contribution in [0.15, 0.2) is 12.1 Å². The van der Waals surface area contributed by atoms with Gasteiger partial charge >= 0.3 is 0 Å². The summed E-state index contributed by atoms with van der Waals surface area (Å²) in [6.45, 7) is 1.03. The number of nitriles is 1. The van der Waals surface area contributed by atoms with E-state index in [0.29, 0.717) is 0 Å². The van der Waals surface area contributed by atoms with Crippen molar-refractivity contribution in [1.29, 1.82) is 5.26 Å². The number of rotatable bonds is 1. The van der Waals surface area contributed by atoms with Crippen LogP contribution in [0.1, 0.15) is 35.4 Å². The Morgan fingerprint density at radius 2 is 2.21 bits per heavy atom. The fourth-order valence-electron chi connectivity index (χ4n) is 2.28. The highest BCUT2D eigenvalue weighted by Crippen LogP contribution is 2.44. The summed E-state index contributed by atoms with van der Waals surface area (Å²) < 4.78 is 0. The van der Waals surface area contributed by atoms with E-state index in [1.54, 1.807) is 0 Å². The van der Waals surface area contributed by atoms with Gasteiger partial charge in [-0.15, -0.1) is 0 Å². The molecule has 1 N–H and O–H groups in total. The third kappa shape index (κ3) is 1.09. The molecule has 1 aliphatic heterocycles. The predicted molar refractivity (Wildman–Crippen MR) is 55.3 cm³/mol. The lowest BCUT2D eigenvalue weighted by Gasteiger charge is -2.07. The van der Waals surface area contributed by atoms with Crippen LogP contribution >= 0.6 is 0 Å². The summed E-state index contributed by atoms with van der Waals surface area (Å²) in [5.41, 5.74) is 4.90. The zero-order valence-electron chi connectivity index (χ0n) is 8.01. The highest BCUT2D eigenvalue weighted by molar-refractivity contribution is 5.63. The Bertz CT molecular complexity index is 425. The van der Waals surface area contributed by atoms with E-state index in [4.69, 9.17) is 5.26 Å². The number of hydrogen-bond acceptors (Lipinski definition) is 2. The van der Waals surface area contributed by atoms with Crippen molar-refractivity contribution in [2.75, 3.05) is 11.9 Å². The topological polar surface area (TPSA) is 35.8 Å². The number of nitrogens with zero attached hydrogens (tertiary/aromatic N) is 1. The van der Waals surface area contributed by atoms with E-state index in [2.05, 4.69) is 17.5 Å². The van der Waals surface area contributed by atoms with Gasteiger partial charge in [0, 0.05) is 12.2 Å². The van der Waals surface area contributed by atoms with Gasteiger partial charge in [-0.2, -0.15) is 5.26 Å². The first kappa shape index (κ1) is 7.87. The second-order valence-electron chi connectivity index (χ2n) is 4.15. The van der Waals surface area contributed by atoms with Crippen LogP contribution < -0.4 is 5.32 Å². The van der Waals surface area contributed by atoms with Crippen molar-refractivity contribution in [1.82, 2.24) is 0 Å². The minimum absolute atomic E-state index is 0.747. The second kappa shape index (κ2) is 2.75. The first-order valence-corrected chi connectivity index (χ1v) is 5.19. The first-order chi connectivity index (χ1) is 6.88. The molecule has 1 aromatic carbocycles. The molecule has 0 unspecified atom stereocenters. The van der Waals surface area contributed by atoms with Crippen LogP contribution in [-0.2, 0) is 6.42 Å². The van der Waals surface area contributed by atoms with Gasteiger partial charge in [0.25, 0.3) is 0 Å². The van der Waals surface area contributed by atoms with Crippen LogP contribution in [0.4, 0.5) is 5.69 Å². The number of benzene rings is 1. The molecule has 1 saturated carbocycles. The molecular weight excluding hydrogens is 172 g/mol. The number of anilines is 1. The van der Waals surface area contributed by atoms with Gasteiger partial charge in [0.2, 0.25) is 0 Å². The standard InChI is InChI=1S/C12H12N2/c13-7-8-5-11(9-1-2-9)10-3-4-14-12(10)6-8/h5-6,9,14H,1-4H2. The molecule has 2 nitrogen and oxygen atoms in total. The molecule has 2 aliphatic rings. The third-order valence-electron chi connectivity index (χ3n) is 3.12. The maximum Gasteiger partial charge on any atom is 0.0992 e. The van der Waals surface area contributed by atoms with Crippen LogP contribution in [0, 0.1) is 11.3 Å². The highest BCUT2D eigenvalue weighted by Gasteiger charge is 2.28. The Labute approximate surface area is 83.6 Å². The van der Waals surface area contributed by atoms with Crippen molar-refractivity contribution >= 4 is 5.69 Å². The van der Waals surface area contributed by atoms with Gasteiger partial charge in [0.15, 0.2) is 0 Å². The fourth-order valence-corrected chi connectivity index (χ4v) is 2.28. The maximum atomic E-state index is 8.92. The SMILES string of the molecule is N#Cc1cc2c(c(C3CC3)c1)CCN2. The van der Waals surface area contributed by atoms with Crippen molar-refractivity contribution in [3.05, 3.63) is 28.8 Å². The Morgan fingerprint density at radius 3 is 2.93 bits per heavy atom. The van der Waals surface area contributed by atoms with Crippen molar-refractivity contribution < 1.29 is 0 Å². The summed E-state index contributed by atoms with van der Waals surface area (Å²) >= 11 is 0. The lowest BCUT2D eigenvalue weighted by atomic mass is 9.98. The summed E-state index contributed by atoms with van der Waals surface area (Å²) in [6, 6.07) is 6.31.